The van der Waals surface area contributed by atoms with Crippen LogP contribution in [0.25, 0.3) is 0 Å². The third-order valence-electron chi connectivity index (χ3n) is 3.19. The summed E-state index contributed by atoms with van der Waals surface area (Å²) in [5, 5.41) is 0. The predicted octanol–water partition coefficient (Wildman–Crippen LogP) is 4.79. The first-order chi connectivity index (χ1) is 10.6. The minimum absolute atomic E-state index is 0.165. The van der Waals surface area contributed by atoms with E-state index >= 15 is 0 Å². The van der Waals surface area contributed by atoms with Gasteiger partial charge in [-0.2, -0.15) is 0 Å². The number of hydrogen-bond acceptors (Lipinski definition) is 2. The highest BCUT2D eigenvalue weighted by atomic mass is 79.9. The Morgan fingerprint density at radius 3 is 2.26 bits per heavy atom. The Bertz CT molecular complexity index is 854. The second kappa shape index (κ2) is 6.52. The molecule has 0 unspecified atom stereocenters. The third-order valence-corrected chi connectivity index (χ3v) is 5.23. The van der Waals surface area contributed by atoms with E-state index in [1.54, 1.807) is 12.1 Å². The molecular formula is C15H13BrF3NO2S. The van der Waals surface area contributed by atoms with Crippen molar-refractivity contribution < 1.29 is 21.6 Å². The van der Waals surface area contributed by atoms with Crippen molar-refractivity contribution in [2.75, 3.05) is 4.72 Å². The van der Waals surface area contributed by atoms with Crippen LogP contribution in [0.1, 0.15) is 25.3 Å². The fourth-order valence-electron chi connectivity index (χ4n) is 1.89. The average Bonchev–Trinajstić information content (AvgIpc) is 2.46. The quantitative estimate of drug-likeness (QED) is 0.740. The molecule has 3 nitrogen and oxygen atoms in total. The molecule has 0 amide bonds. The zero-order valence-electron chi connectivity index (χ0n) is 12.2. The molecule has 0 bridgehead atoms. The van der Waals surface area contributed by atoms with E-state index in [2.05, 4.69) is 20.7 Å². The molecule has 23 heavy (non-hydrogen) atoms. The van der Waals surface area contributed by atoms with Crippen LogP contribution in [0.2, 0.25) is 0 Å². The molecule has 2 aromatic rings. The number of anilines is 1. The molecule has 1 N–H and O–H groups in total. The summed E-state index contributed by atoms with van der Waals surface area (Å²) < 4.78 is 66.8. The van der Waals surface area contributed by atoms with Crippen LogP contribution in [0.5, 0.6) is 0 Å². The molecule has 0 heterocycles. The molecule has 0 aliphatic carbocycles. The number of benzene rings is 2. The van der Waals surface area contributed by atoms with E-state index in [-0.39, 0.29) is 11.6 Å². The molecule has 0 aromatic heterocycles. The minimum Gasteiger partial charge on any atom is -0.278 e. The summed E-state index contributed by atoms with van der Waals surface area (Å²) in [5.41, 5.74) is 1.14. The molecule has 0 radical (unpaired) electrons. The van der Waals surface area contributed by atoms with Crippen molar-refractivity contribution in [1.29, 1.82) is 0 Å². The fourth-order valence-corrected chi connectivity index (χ4v) is 3.67. The summed E-state index contributed by atoms with van der Waals surface area (Å²) in [7, 11) is -4.40. The number of halogens is 4. The summed E-state index contributed by atoms with van der Waals surface area (Å²) in [6.07, 6.45) is 0. The van der Waals surface area contributed by atoms with Crippen LogP contribution in [0.3, 0.4) is 0 Å². The summed E-state index contributed by atoms with van der Waals surface area (Å²) >= 11 is 3.23. The third kappa shape index (κ3) is 3.69. The molecule has 2 aromatic carbocycles. The van der Waals surface area contributed by atoms with Gasteiger partial charge in [-0.05, 0) is 51.7 Å². The summed E-state index contributed by atoms with van der Waals surface area (Å²) in [6, 6.07) is 6.18. The maximum atomic E-state index is 13.7. The van der Waals surface area contributed by atoms with Gasteiger partial charge in [-0.15, -0.1) is 0 Å². The van der Waals surface area contributed by atoms with Gasteiger partial charge in [0.1, 0.15) is 4.90 Å². The lowest BCUT2D eigenvalue weighted by atomic mass is 10.0. The molecule has 0 saturated heterocycles. The normalized spacial score (nSPS) is 11.8. The van der Waals surface area contributed by atoms with Crippen LogP contribution in [0.4, 0.5) is 18.9 Å². The lowest BCUT2D eigenvalue weighted by Gasteiger charge is -2.13. The second-order valence-corrected chi connectivity index (χ2v) is 7.68. The molecule has 2 rings (SSSR count). The Morgan fingerprint density at radius 1 is 1.04 bits per heavy atom. The van der Waals surface area contributed by atoms with Gasteiger partial charge < -0.3 is 0 Å². The number of rotatable bonds is 4. The molecule has 0 saturated carbocycles. The van der Waals surface area contributed by atoms with Gasteiger partial charge in [0.25, 0.3) is 10.0 Å². The van der Waals surface area contributed by atoms with Crippen molar-refractivity contribution in [2.24, 2.45) is 0 Å². The van der Waals surface area contributed by atoms with E-state index in [9.17, 15) is 21.6 Å². The molecule has 0 aliphatic heterocycles. The first-order valence-corrected chi connectivity index (χ1v) is 8.87. The van der Waals surface area contributed by atoms with E-state index in [0.29, 0.717) is 16.6 Å². The first-order valence-electron chi connectivity index (χ1n) is 6.59. The Balaban J connectivity index is 2.41. The standard InChI is InChI=1S/C15H13BrF3NO2S/c1-8(2)9-3-5-12(10(16)7-9)20-23(21,22)13-6-4-11(17)14(18)15(13)19/h3-8,20H,1-2H3. The highest BCUT2D eigenvalue weighted by molar-refractivity contribution is 9.10. The largest absolute Gasteiger partial charge is 0.278 e. The molecule has 0 spiro atoms. The van der Waals surface area contributed by atoms with Crippen LogP contribution >= 0.6 is 15.9 Å². The fraction of sp³-hybridized carbons (Fsp3) is 0.200. The maximum Gasteiger partial charge on any atom is 0.264 e. The van der Waals surface area contributed by atoms with Crippen LogP contribution < -0.4 is 4.72 Å². The second-order valence-electron chi connectivity index (χ2n) is 5.17. The Labute approximate surface area is 140 Å². The van der Waals surface area contributed by atoms with Gasteiger partial charge in [-0.3, -0.25) is 4.72 Å². The first kappa shape index (κ1) is 17.8. The summed E-state index contributed by atoms with van der Waals surface area (Å²) in [4.78, 5) is -0.962. The van der Waals surface area contributed by atoms with Gasteiger partial charge in [0.2, 0.25) is 0 Å². The van der Waals surface area contributed by atoms with Gasteiger partial charge in [0, 0.05) is 4.47 Å². The van der Waals surface area contributed by atoms with Gasteiger partial charge in [0.15, 0.2) is 17.5 Å². The lowest BCUT2D eigenvalue weighted by molar-refractivity contribution is 0.432. The van der Waals surface area contributed by atoms with Crippen molar-refractivity contribution in [2.45, 2.75) is 24.7 Å². The number of sulfonamides is 1. The van der Waals surface area contributed by atoms with E-state index < -0.39 is 32.4 Å². The van der Waals surface area contributed by atoms with Crippen LogP contribution in [0.15, 0.2) is 39.7 Å². The molecule has 124 valence electrons. The van der Waals surface area contributed by atoms with Crippen molar-refractivity contribution in [3.05, 3.63) is 57.8 Å². The van der Waals surface area contributed by atoms with Gasteiger partial charge in [-0.25, -0.2) is 21.6 Å². The monoisotopic (exact) mass is 407 g/mol. The zero-order chi connectivity index (χ0) is 17.4. The Morgan fingerprint density at radius 2 is 1.70 bits per heavy atom. The van der Waals surface area contributed by atoms with Gasteiger partial charge >= 0.3 is 0 Å². The highest BCUT2D eigenvalue weighted by Gasteiger charge is 2.24. The SMILES string of the molecule is CC(C)c1ccc(NS(=O)(=O)c2ccc(F)c(F)c2F)c(Br)c1. The van der Waals surface area contributed by atoms with Crippen LogP contribution in [0, 0.1) is 17.5 Å². The molecule has 0 fully saturated rings. The van der Waals surface area contributed by atoms with E-state index in [4.69, 9.17) is 0 Å². The minimum atomic E-state index is -4.40. The van der Waals surface area contributed by atoms with Crippen molar-refractivity contribution in [3.8, 4) is 0 Å². The average molecular weight is 408 g/mol. The smallest absolute Gasteiger partial charge is 0.264 e. The molecule has 0 atom stereocenters. The number of nitrogens with one attached hydrogen (secondary N) is 1. The van der Waals surface area contributed by atoms with E-state index in [0.717, 1.165) is 5.56 Å². The topological polar surface area (TPSA) is 46.2 Å². The highest BCUT2D eigenvalue weighted by Crippen LogP contribution is 2.29. The van der Waals surface area contributed by atoms with Crippen LogP contribution in [-0.2, 0) is 10.0 Å². The van der Waals surface area contributed by atoms with Crippen LogP contribution in [-0.4, -0.2) is 8.42 Å². The summed E-state index contributed by atoms with van der Waals surface area (Å²) in [5.74, 6) is -4.81. The number of hydrogen-bond donors (Lipinski definition) is 1. The lowest BCUT2D eigenvalue weighted by Crippen LogP contribution is -2.16. The molecule has 8 heteroatoms. The maximum absolute atomic E-state index is 13.7. The zero-order valence-corrected chi connectivity index (χ0v) is 14.6. The van der Waals surface area contributed by atoms with Crippen molar-refractivity contribution >= 4 is 31.6 Å². The molecule has 0 aliphatic rings. The van der Waals surface area contributed by atoms with Crippen molar-refractivity contribution in [3.63, 3.8) is 0 Å². The Hall–Kier alpha value is -1.54. The molecular weight excluding hydrogens is 395 g/mol. The summed E-state index contributed by atoms with van der Waals surface area (Å²) in [6.45, 7) is 3.95. The predicted molar refractivity (Wildman–Crippen MR) is 85.4 cm³/mol. The van der Waals surface area contributed by atoms with E-state index in [1.165, 1.54) is 6.07 Å². The van der Waals surface area contributed by atoms with E-state index in [1.807, 2.05) is 13.8 Å². The Kier molecular flexibility index (Phi) is 5.05. The van der Waals surface area contributed by atoms with Crippen molar-refractivity contribution in [1.82, 2.24) is 0 Å². The van der Waals surface area contributed by atoms with Gasteiger partial charge in [0.05, 0.1) is 5.69 Å². The van der Waals surface area contributed by atoms with Gasteiger partial charge in [-0.1, -0.05) is 19.9 Å².